The SMILES string of the molecule is Cc1ccc(-c2nn(-c3ccc(Br)cc3)cc2N)s1. The first-order valence-corrected chi connectivity index (χ1v) is 7.42. The summed E-state index contributed by atoms with van der Waals surface area (Å²) in [6.07, 6.45) is 1.85. The fourth-order valence-corrected chi connectivity index (χ4v) is 3.01. The summed E-state index contributed by atoms with van der Waals surface area (Å²) in [6.45, 7) is 2.08. The molecule has 2 N–H and O–H groups in total. The van der Waals surface area contributed by atoms with Crippen LogP contribution in [0.1, 0.15) is 4.88 Å². The Bertz CT molecular complexity index is 713. The fraction of sp³-hybridized carbons (Fsp3) is 0.0714. The van der Waals surface area contributed by atoms with Crippen molar-refractivity contribution in [2.75, 3.05) is 5.73 Å². The van der Waals surface area contributed by atoms with Gasteiger partial charge in [0.05, 0.1) is 22.4 Å². The predicted molar refractivity (Wildman–Crippen MR) is 83.7 cm³/mol. The van der Waals surface area contributed by atoms with Crippen LogP contribution in [0.3, 0.4) is 0 Å². The predicted octanol–water partition coefficient (Wildman–Crippen LogP) is 4.25. The summed E-state index contributed by atoms with van der Waals surface area (Å²) in [4.78, 5) is 2.36. The van der Waals surface area contributed by atoms with Crippen molar-refractivity contribution in [1.29, 1.82) is 0 Å². The number of anilines is 1. The fourth-order valence-electron chi connectivity index (χ4n) is 1.87. The van der Waals surface area contributed by atoms with Crippen molar-refractivity contribution in [3.63, 3.8) is 0 Å². The highest BCUT2D eigenvalue weighted by Gasteiger charge is 2.11. The van der Waals surface area contributed by atoms with E-state index >= 15 is 0 Å². The quantitative estimate of drug-likeness (QED) is 0.761. The van der Waals surface area contributed by atoms with Gasteiger partial charge in [-0.05, 0) is 43.3 Å². The smallest absolute Gasteiger partial charge is 0.126 e. The molecule has 0 aliphatic rings. The van der Waals surface area contributed by atoms with Crippen LogP contribution in [0.25, 0.3) is 16.3 Å². The Labute approximate surface area is 123 Å². The Morgan fingerprint density at radius 2 is 1.89 bits per heavy atom. The maximum absolute atomic E-state index is 6.06. The lowest BCUT2D eigenvalue weighted by Gasteiger charge is -2.00. The molecule has 0 amide bonds. The molecule has 0 radical (unpaired) electrons. The summed E-state index contributed by atoms with van der Waals surface area (Å²) >= 11 is 5.13. The highest BCUT2D eigenvalue weighted by molar-refractivity contribution is 9.10. The molecule has 5 heteroatoms. The van der Waals surface area contributed by atoms with Gasteiger partial charge < -0.3 is 5.73 Å². The molecule has 0 fully saturated rings. The Morgan fingerprint density at radius 1 is 1.16 bits per heavy atom. The molecule has 0 unspecified atom stereocenters. The number of aryl methyl sites for hydroxylation is 1. The number of nitrogens with two attached hydrogens (primary N) is 1. The number of nitrogen functional groups attached to an aromatic ring is 1. The van der Waals surface area contributed by atoms with Gasteiger partial charge in [-0.25, -0.2) is 4.68 Å². The average Bonchev–Trinajstić information content (AvgIpc) is 2.96. The second-order valence-corrected chi connectivity index (χ2v) is 6.47. The topological polar surface area (TPSA) is 43.8 Å². The summed E-state index contributed by atoms with van der Waals surface area (Å²) in [7, 11) is 0. The number of thiophene rings is 1. The minimum Gasteiger partial charge on any atom is -0.396 e. The van der Waals surface area contributed by atoms with Gasteiger partial charge in [-0.3, -0.25) is 0 Å². The lowest BCUT2D eigenvalue weighted by atomic mass is 10.3. The average molecular weight is 334 g/mol. The van der Waals surface area contributed by atoms with Crippen molar-refractivity contribution in [2.45, 2.75) is 6.92 Å². The summed E-state index contributed by atoms with van der Waals surface area (Å²) in [5, 5.41) is 4.58. The van der Waals surface area contributed by atoms with Crippen molar-refractivity contribution in [3.05, 3.63) is 51.9 Å². The molecule has 3 aromatic rings. The number of hydrogen-bond acceptors (Lipinski definition) is 3. The van der Waals surface area contributed by atoms with Gasteiger partial charge in [-0.15, -0.1) is 11.3 Å². The van der Waals surface area contributed by atoms with Crippen LogP contribution >= 0.6 is 27.3 Å². The van der Waals surface area contributed by atoms with E-state index in [1.807, 2.05) is 35.1 Å². The molecule has 1 aromatic carbocycles. The van der Waals surface area contributed by atoms with Crippen molar-refractivity contribution in [3.8, 4) is 16.3 Å². The Morgan fingerprint density at radius 3 is 2.53 bits per heavy atom. The monoisotopic (exact) mass is 333 g/mol. The van der Waals surface area contributed by atoms with Crippen LogP contribution in [-0.2, 0) is 0 Å². The first-order valence-electron chi connectivity index (χ1n) is 5.81. The van der Waals surface area contributed by atoms with E-state index in [4.69, 9.17) is 5.73 Å². The zero-order valence-electron chi connectivity index (χ0n) is 10.3. The molecular formula is C14H12BrN3S. The van der Waals surface area contributed by atoms with Gasteiger partial charge in [-0.1, -0.05) is 15.9 Å². The van der Waals surface area contributed by atoms with Crippen molar-refractivity contribution < 1.29 is 0 Å². The molecule has 3 nitrogen and oxygen atoms in total. The second-order valence-electron chi connectivity index (χ2n) is 4.26. The number of nitrogens with zero attached hydrogens (tertiary/aromatic N) is 2. The lowest BCUT2D eigenvalue weighted by Crippen LogP contribution is -1.93. The molecule has 0 spiro atoms. The first kappa shape index (κ1) is 12.4. The third-order valence-electron chi connectivity index (χ3n) is 2.81. The molecule has 0 atom stereocenters. The molecular weight excluding hydrogens is 322 g/mol. The van der Waals surface area contributed by atoms with Crippen LogP contribution in [0, 0.1) is 6.92 Å². The van der Waals surface area contributed by atoms with Crippen LogP contribution in [0.4, 0.5) is 5.69 Å². The van der Waals surface area contributed by atoms with E-state index in [9.17, 15) is 0 Å². The standard InChI is InChI=1S/C14H12BrN3S/c1-9-2-7-13(19-9)14-12(16)8-18(17-14)11-5-3-10(15)4-6-11/h2-8H,16H2,1H3. The molecule has 19 heavy (non-hydrogen) atoms. The van der Waals surface area contributed by atoms with Gasteiger partial charge in [-0.2, -0.15) is 5.10 Å². The van der Waals surface area contributed by atoms with E-state index in [0.717, 1.165) is 20.7 Å². The molecule has 0 aliphatic carbocycles. The number of halogens is 1. The van der Waals surface area contributed by atoms with Gasteiger partial charge >= 0.3 is 0 Å². The van der Waals surface area contributed by atoms with E-state index in [1.165, 1.54) is 4.88 Å². The molecule has 96 valence electrons. The largest absolute Gasteiger partial charge is 0.396 e. The summed E-state index contributed by atoms with van der Waals surface area (Å²) in [6, 6.07) is 12.1. The molecule has 0 bridgehead atoms. The van der Waals surface area contributed by atoms with Gasteiger partial charge in [0.2, 0.25) is 0 Å². The third kappa shape index (κ3) is 2.43. The van der Waals surface area contributed by atoms with Crippen molar-refractivity contribution in [1.82, 2.24) is 9.78 Å². The zero-order chi connectivity index (χ0) is 13.4. The normalized spacial score (nSPS) is 10.8. The second kappa shape index (κ2) is 4.83. The first-order chi connectivity index (χ1) is 9.13. The van der Waals surface area contributed by atoms with Crippen molar-refractivity contribution in [2.24, 2.45) is 0 Å². The van der Waals surface area contributed by atoms with E-state index in [-0.39, 0.29) is 0 Å². The maximum Gasteiger partial charge on any atom is 0.126 e. The van der Waals surface area contributed by atoms with Gasteiger partial charge in [0, 0.05) is 9.35 Å². The van der Waals surface area contributed by atoms with Crippen LogP contribution < -0.4 is 5.73 Å². The molecule has 0 saturated carbocycles. The van der Waals surface area contributed by atoms with E-state index in [0.29, 0.717) is 5.69 Å². The minimum atomic E-state index is 0.699. The van der Waals surface area contributed by atoms with E-state index < -0.39 is 0 Å². The number of benzene rings is 1. The van der Waals surface area contributed by atoms with E-state index in [1.54, 1.807) is 11.3 Å². The molecule has 3 rings (SSSR count). The zero-order valence-corrected chi connectivity index (χ0v) is 12.7. The number of aromatic nitrogens is 2. The number of rotatable bonds is 2. The highest BCUT2D eigenvalue weighted by Crippen LogP contribution is 2.31. The lowest BCUT2D eigenvalue weighted by molar-refractivity contribution is 0.885. The number of hydrogen-bond donors (Lipinski definition) is 1. The molecule has 0 aliphatic heterocycles. The minimum absolute atomic E-state index is 0.699. The maximum atomic E-state index is 6.06. The molecule has 2 heterocycles. The van der Waals surface area contributed by atoms with Crippen LogP contribution in [0.15, 0.2) is 47.1 Å². The highest BCUT2D eigenvalue weighted by atomic mass is 79.9. The van der Waals surface area contributed by atoms with Gasteiger partial charge in [0.15, 0.2) is 0 Å². The Kier molecular flexibility index (Phi) is 3.16. The van der Waals surface area contributed by atoms with Gasteiger partial charge in [0.1, 0.15) is 5.69 Å². The third-order valence-corrected chi connectivity index (χ3v) is 4.34. The molecule has 2 aromatic heterocycles. The summed E-state index contributed by atoms with van der Waals surface area (Å²) < 4.78 is 2.86. The van der Waals surface area contributed by atoms with Gasteiger partial charge in [0.25, 0.3) is 0 Å². The summed E-state index contributed by atoms with van der Waals surface area (Å²) in [5.74, 6) is 0. The van der Waals surface area contributed by atoms with Crippen LogP contribution in [0.5, 0.6) is 0 Å². The van der Waals surface area contributed by atoms with E-state index in [2.05, 4.69) is 40.1 Å². The Balaban J connectivity index is 2.04. The summed E-state index contributed by atoms with van der Waals surface area (Å²) in [5.41, 5.74) is 8.61. The Hall–Kier alpha value is -1.59. The molecule has 0 saturated heterocycles. The van der Waals surface area contributed by atoms with Crippen LogP contribution in [0.2, 0.25) is 0 Å². The van der Waals surface area contributed by atoms with Crippen LogP contribution in [-0.4, -0.2) is 9.78 Å². The van der Waals surface area contributed by atoms with Crippen molar-refractivity contribution >= 4 is 33.0 Å².